The highest BCUT2D eigenvalue weighted by Crippen LogP contribution is 2.26. The molecule has 1 aromatic heterocycles. The van der Waals surface area contributed by atoms with Gasteiger partial charge in [0.05, 0.1) is 18.8 Å². The summed E-state index contributed by atoms with van der Waals surface area (Å²) in [5.74, 6) is -0.266. The average molecular weight is 297 g/mol. The van der Waals surface area contributed by atoms with Gasteiger partial charge in [0.25, 0.3) is 0 Å². The lowest BCUT2D eigenvalue weighted by Crippen LogP contribution is -2.05. The molecular formula is C17H16FN3O. The Bertz CT molecular complexity index is 781. The zero-order valence-electron chi connectivity index (χ0n) is 12.2. The summed E-state index contributed by atoms with van der Waals surface area (Å²) in [7, 11) is 0. The van der Waals surface area contributed by atoms with Crippen LogP contribution in [0.4, 0.5) is 4.39 Å². The summed E-state index contributed by atoms with van der Waals surface area (Å²) in [6.45, 7) is 2.30. The maximum absolute atomic E-state index is 13.0. The molecule has 0 atom stereocenters. The van der Waals surface area contributed by atoms with Crippen LogP contribution in [-0.2, 0) is 13.2 Å². The van der Waals surface area contributed by atoms with Gasteiger partial charge in [-0.15, -0.1) is 5.10 Å². The molecule has 0 unspecified atom stereocenters. The Morgan fingerprint density at radius 1 is 1.09 bits per heavy atom. The third-order valence-corrected chi connectivity index (χ3v) is 3.60. The highest BCUT2D eigenvalue weighted by atomic mass is 19.1. The second-order valence-electron chi connectivity index (χ2n) is 5.14. The number of aliphatic hydroxyl groups is 1. The zero-order valence-corrected chi connectivity index (χ0v) is 12.2. The second kappa shape index (κ2) is 6.07. The van der Waals surface area contributed by atoms with Crippen molar-refractivity contribution in [2.45, 2.75) is 20.1 Å². The van der Waals surface area contributed by atoms with Crippen LogP contribution < -0.4 is 0 Å². The summed E-state index contributed by atoms with van der Waals surface area (Å²) in [6.07, 6.45) is 0. The van der Waals surface area contributed by atoms with Crippen LogP contribution in [0.25, 0.3) is 11.3 Å². The van der Waals surface area contributed by atoms with Gasteiger partial charge in [-0.05, 0) is 30.2 Å². The van der Waals surface area contributed by atoms with E-state index in [0.717, 1.165) is 22.4 Å². The van der Waals surface area contributed by atoms with Crippen molar-refractivity contribution in [3.05, 3.63) is 71.2 Å². The van der Waals surface area contributed by atoms with Crippen LogP contribution in [0.15, 0.2) is 48.5 Å². The Kier molecular flexibility index (Phi) is 3.98. The largest absolute Gasteiger partial charge is 0.390 e. The van der Waals surface area contributed by atoms with E-state index >= 15 is 0 Å². The number of hydrogen-bond acceptors (Lipinski definition) is 3. The van der Waals surface area contributed by atoms with Gasteiger partial charge in [-0.25, -0.2) is 9.07 Å². The normalized spacial score (nSPS) is 10.9. The number of hydrogen-bond donors (Lipinski definition) is 1. The number of rotatable bonds is 4. The molecule has 1 N–H and O–H groups in total. The van der Waals surface area contributed by atoms with Gasteiger partial charge >= 0.3 is 0 Å². The lowest BCUT2D eigenvalue weighted by molar-refractivity contribution is 0.277. The first-order valence-corrected chi connectivity index (χ1v) is 7.02. The van der Waals surface area contributed by atoms with E-state index in [1.165, 1.54) is 12.1 Å². The van der Waals surface area contributed by atoms with Crippen LogP contribution >= 0.6 is 0 Å². The van der Waals surface area contributed by atoms with Crippen LogP contribution in [0, 0.1) is 12.7 Å². The lowest BCUT2D eigenvalue weighted by atomic mass is 10.0. The number of nitrogens with zero attached hydrogens (tertiary/aromatic N) is 3. The third kappa shape index (κ3) is 2.76. The van der Waals surface area contributed by atoms with E-state index in [0.29, 0.717) is 12.2 Å². The standard InChI is InChI=1S/C17H16FN3O/c1-12-4-2-3-5-15(12)17-16(11-22)19-20-21(17)10-13-6-8-14(18)9-7-13/h2-9,22H,10-11H2,1H3. The van der Waals surface area contributed by atoms with E-state index in [9.17, 15) is 9.50 Å². The number of aromatic nitrogens is 3. The van der Waals surface area contributed by atoms with Crippen molar-refractivity contribution in [1.82, 2.24) is 15.0 Å². The van der Waals surface area contributed by atoms with E-state index in [1.54, 1.807) is 16.8 Å². The minimum Gasteiger partial charge on any atom is -0.390 e. The maximum atomic E-state index is 13.0. The van der Waals surface area contributed by atoms with E-state index in [2.05, 4.69) is 10.3 Å². The molecule has 0 saturated heterocycles. The van der Waals surface area contributed by atoms with Crippen LogP contribution in [0.1, 0.15) is 16.8 Å². The zero-order chi connectivity index (χ0) is 15.5. The van der Waals surface area contributed by atoms with Crippen molar-refractivity contribution in [3.63, 3.8) is 0 Å². The third-order valence-electron chi connectivity index (χ3n) is 3.60. The molecule has 0 aliphatic carbocycles. The van der Waals surface area contributed by atoms with E-state index in [1.807, 2.05) is 31.2 Å². The van der Waals surface area contributed by atoms with Gasteiger partial charge in [-0.2, -0.15) is 0 Å². The lowest BCUT2D eigenvalue weighted by Gasteiger charge is -2.10. The molecule has 3 aromatic rings. The maximum Gasteiger partial charge on any atom is 0.123 e. The SMILES string of the molecule is Cc1ccccc1-c1c(CO)nnn1Cc1ccc(F)cc1. The molecule has 0 spiro atoms. The predicted molar refractivity (Wildman–Crippen MR) is 81.6 cm³/mol. The molecule has 0 aliphatic heterocycles. The monoisotopic (exact) mass is 297 g/mol. The van der Waals surface area contributed by atoms with Crippen molar-refractivity contribution in [3.8, 4) is 11.3 Å². The topological polar surface area (TPSA) is 50.9 Å². The number of halogens is 1. The van der Waals surface area contributed by atoms with Crippen LogP contribution in [0.2, 0.25) is 0 Å². The van der Waals surface area contributed by atoms with Crippen molar-refractivity contribution in [2.24, 2.45) is 0 Å². The summed E-state index contributed by atoms with van der Waals surface area (Å²) in [5, 5.41) is 17.7. The molecule has 5 heteroatoms. The van der Waals surface area contributed by atoms with Gasteiger partial charge in [0.15, 0.2) is 0 Å². The fourth-order valence-corrected chi connectivity index (χ4v) is 2.46. The molecule has 4 nitrogen and oxygen atoms in total. The molecular weight excluding hydrogens is 281 g/mol. The Hall–Kier alpha value is -2.53. The number of aliphatic hydroxyl groups excluding tert-OH is 1. The van der Waals surface area contributed by atoms with Crippen LogP contribution in [-0.4, -0.2) is 20.1 Å². The summed E-state index contributed by atoms with van der Waals surface area (Å²) in [4.78, 5) is 0. The van der Waals surface area contributed by atoms with Gasteiger partial charge in [0, 0.05) is 5.56 Å². The van der Waals surface area contributed by atoms with Crippen molar-refractivity contribution in [1.29, 1.82) is 0 Å². The Morgan fingerprint density at radius 2 is 1.82 bits per heavy atom. The van der Waals surface area contributed by atoms with Gasteiger partial charge in [0.2, 0.25) is 0 Å². The fourth-order valence-electron chi connectivity index (χ4n) is 2.46. The summed E-state index contributed by atoms with van der Waals surface area (Å²) >= 11 is 0. The first-order chi connectivity index (χ1) is 10.7. The molecule has 22 heavy (non-hydrogen) atoms. The Morgan fingerprint density at radius 3 is 2.50 bits per heavy atom. The highest BCUT2D eigenvalue weighted by molar-refractivity contribution is 5.65. The van der Waals surface area contributed by atoms with Gasteiger partial charge in [0.1, 0.15) is 11.5 Å². The van der Waals surface area contributed by atoms with E-state index < -0.39 is 0 Å². The molecule has 0 bridgehead atoms. The fraction of sp³-hybridized carbons (Fsp3) is 0.176. The molecule has 0 aliphatic rings. The molecule has 1 heterocycles. The molecule has 0 amide bonds. The van der Waals surface area contributed by atoms with Crippen molar-refractivity contribution in [2.75, 3.05) is 0 Å². The van der Waals surface area contributed by atoms with Crippen LogP contribution in [0.3, 0.4) is 0 Å². The minimum absolute atomic E-state index is 0.174. The average Bonchev–Trinajstić information content (AvgIpc) is 2.93. The molecule has 112 valence electrons. The van der Waals surface area contributed by atoms with Crippen molar-refractivity contribution < 1.29 is 9.50 Å². The second-order valence-corrected chi connectivity index (χ2v) is 5.14. The van der Waals surface area contributed by atoms with E-state index in [4.69, 9.17) is 0 Å². The summed E-state index contributed by atoms with van der Waals surface area (Å²) in [5.41, 5.74) is 4.32. The first kappa shape index (κ1) is 14.4. The molecule has 2 aromatic carbocycles. The molecule has 0 saturated carbocycles. The van der Waals surface area contributed by atoms with Gasteiger partial charge < -0.3 is 5.11 Å². The Balaban J connectivity index is 2.04. The quantitative estimate of drug-likeness (QED) is 0.805. The summed E-state index contributed by atoms with van der Waals surface area (Å²) < 4.78 is 14.8. The number of aryl methyl sites for hydroxylation is 1. The predicted octanol–water partition coefficient (Wildman–Crippen LogP) is 2.93. The first-order valence-electron chi connectivity index (χ1n) is 7.02. The van der Waals surface area contributed by atoms with Gasteiger partial charge in [-0.3, -0.25) is 0 Å². The summed E-state index contributed by atoms with van der Waals surface area (Å²) in [6, 6.07) is 14.2. The molecule has 0 radical (unpaired) electrons. The molecule has 0 fully saturated rings. The smallest absolute Gasteiger partial charge is 0.123 e. The van der Waals surface area contributed by atoms with Crippen LogP contribution in [0.5, 0.6) is 0 Å². The highest BCUT2D eigenvalue weighted by Gasteiger charge is 2.16. The minimum atomic E-state index is -0.266. The van der Waals surface area contributed by atoms with E-state index in [-0.39, 0.29) is 12.4 Å². The number of benzene rings is 2. The van der Waals surface area contributed by atoms with Crippen molar-refractivity contribution >= 4 is 0 Å². The molecule has 3 rings (SSSR count). The Labute approximate surface area is 127 Å². The van der Waals surface area contributed by atoms with Gasteiger partial charge in [-0.1, -0.05) is 41.6 Å².